The highest BCUT2D eigenvalue weighted by atomic mass is 32.2. The molecule has 86 heavy (non-hydrogen) atoms. The lowest BCUT2D eigenvalue weighted by Gasteiger charge is -2.41. The molecular weight excluding hydrogens is 1140 g/mol. The van der Waals surface area contributed by atoms with Crippen LogP contribution in [-0.4, -0.2) is 164 Å². The number of hydrogen-bond donors (Lipinski definition) is 3. The van der Waals surface area contributed by atoms with Crippen LogP contribution < -0.4 is 20.3 Å². The summed E-state index contributed by atoms with van der Waals surface area (Å²) in [5.41, 5.74) is 1.13. The van der Waals surface area contributed by atoms with Crippen LogP contribution in [0, 0.1) is 23.7 Å². The average molecular weight is 1220 g/mol. The Morgan fingerprint density at radius 1 is 0.709 bits per heavy atom. The Labute approximate surface area is 514 Å². The van der Waals surface area contributed by atoms with Crippen molar-refractivity contribution in [1.29, 1.82) is 0 Å². The number of carbonyl (C=O) groups is 8. The molecule has 1 unspecified atom stereocenters. The smallest absolute Gasteiger partial charge is 0.326 e. The van der Waals surface area contributed by atoms with Gasteiger partial charge in [-0.25, -0.2) is 9.69 Å². The normalized spacial score (nSPS) is 17.2. The largest absolute Gasteiger partial charge is 0.491 e. The van der Waals surface area contributed by atoms with Gasteiger partial charge in [-0.3, -0.25) is 33.6 Å². The van der Waals surface area contributed by atoms with E-state index < -0.39 is 95.7 Å². The molecule has 6 rings (SSSR count). The van der Waals surface area contributed by atoms with E-state index in [1.54, 1.807) is 86.1 Å². The fraction of sp³-hybridized carbons (Fsp3) is 0.477. The number of carboxylic acids is 1. The van der Waals surface area contributed by atoms with E-state index >= 15 is 0 Å². The maximum absolute atomic E-state index is 14.7. The first-order valence-corrected chi connectivity index (χ1v) is 30.9. The molecule has 4 aromatic carbocycles. The number of anilines is 1. The van der Waals surface area contributed by atoms with Gasteiger partial charge in [0, 0.05) is 51.1 Å². The molecule has 2 aliphatic heterocycles. The zero-order chi connectivity index (χ0) is 62.8. The summed E-state index contributed by atoms with van der Waals surface area (Å²) in [6.45, 7) is 13.0. The van der Waals surface area contributed by atoms with Gasteiger partial charge in [-0.05, 0) is 84.7 Å². The Morgan fingerprint density at radius 3 is 1.79 bits per heavy atom. The number of hydrogen-bond acceptors (Lipinski definition) is 14. The third kappa shape index (κ3) is 17.6. The molecule has 7 amide bonds. The maximum Gasteiger partial charge on any atom is 0.326 e. The van der Waals surface area contributed by atoms with Gasteiger partial charge in [0.15, 0.2) is 0 Å². The minimum atomic E-state index is -1.17. The van der Waals surface area contributed by atoms with E-state index in [1.165, 1.54) is 49.7 Å². The molecule has 464 valence electrons. The van der Waals surface area contributed by atoms with E-state index in [4.69, 9.17) is 18.9 Å². The SMILES string of the molecule is CCC(C)[C@@H]([C@@H](CC(=O)N1CCC[C@H]1[C@H](OC)[C@@H](C)C(=O)N[C@@H](Cc1ccccc1)C(=O)O)OC)N(C)C(=O)[C@@H](NC(=O)[C@H](C(C)C)N(C)C(=O)COCCOc1ccc(N2C(=O)C(Sc3ccccc3)=C(Sc3ccccc3)C2=O)cc1)C(C)C. The molecule has 19 nitrogen and oxygen atoms in total. The van der Waals surface area contributed by atoms with E-state index in [-0.39, 0.29) is 50.4 Å². The number of likely N-dealkylation sites (N-methyl/N-ethyl adjacent to an activating group) is 2. The Kier molecular flexibility index (Phi) is 25.8. The lowest BCUT2D eigenvalue weighted by atomic mass is 9.89. The van der Waals surface area contributed by atoms with E-state index in [9.17, 15) is 43.5 Å². The molecule has 0 bridgehead atoms. The van der Waals surface area contributed by atoms with Crippen molar-refractivity contribution in [1.82, 2.24) is 25.3 Å². The molecule has 0 saturated carbocycles. The molecule has 21 heteroatoms. The monoisotopic (exact) mass is 1220 g/mol. The van der Waals surface area contributed by atoms with Crippen LogP contribution in [0.1, 0.15) is 79.7 Å². The summed E-state index contributed by atoms with van der Waals surface area (Å²) in [5.74, 6) is -5.49. The van der Waals surface area contributed by atoms with Crippen LogP contribution in [0.4, 0.5) is 5.69 Å². The van der Waals surface area contributed by atoms with Crippen molar-refractivity contribution in [2.24, 2.45) is 23.7 Å². The summed E-state index contributed by atoms with van der Waals surface area (Å²) < 4.78 is 23.6. The molecule has 2 heterocycles. The van der Waals surface area contributed by atoms with Crippen molar-refractivity contribution >= 4 is 76.5 Å². The van der Waals surface area contributed by atoms with Gasteiger partial charge in [0.25, 0.3) is 11.8 Å². The van der Waals surface area contributed by atoms with Crippen molar-refractivity contribution in [3.63, 3.8) is 0 Å². The Morgan fingerprint density at radius 2 is 1.28 bits per heavy atom. The molecule has 0 spiro atoms. The predicted octanol–water partition coefficient (Wildman–Crippen LogP) is 8.11. The second-order valence-corrected chi connectivity index (χ2v) is 24.6. The van der Waals surface area contributed by atoms with Crippen LogP contribution in [0.5, 0.6) is 5.75 Å². The van der Waals surface area contributed by atoms with Crippen LogP contribution in [-0.2, 0) is 59.0 Å². The second-order valence-electron chi connectivity index (χ2n) is 22.4. The number of carboxylic acid groups (broad SMARTS) is 1. The highest BCUT2D eigenvalue weighted by Gasteiger charge is 2.45. The van der Waals surface area contributed by atoms with Gasteiger partial charge in [-0.2, -0.15) is 0 Å². The Bertz CT molecular complexity index is 2910. The van der Waals surface area contributed by atoms with Crippen LogP contribution >= 0.6 is 23.5 Å². The third-order valence-electron chi connectivity index (χ3n) is 15.8. The van der Waals surface area contributed by atoms with Crippen LogP contribution in [0.15, 0.2) is 135 Å². The van der Waals surface area contributed by atoms with Crippen molar-refractivity contribution in [2.45, 2.75) is 133 Å². The van der Waals surface area contributed by atoms with Crippen molar-refractivity contribution in [2.75, 3.05) is 59.6 Å². The van der Waals surface area contributed by atoms with Crippen molar-refractivity contribution in [3.8, 4) is 5.75 Å². The minimum absolute atomic E-state index is 0.0192. The van der Waals surface area contributed by atoms with Crippen LogP contribution in [0.2, 0.25) is 0 Å². The highest BCUT2D eigenvalue weighted by molar-refractivity contribution is 8.08. The number of likely N-dealkylation sites (tertiary alicyclic amines) is 1. The van der Waals surface area contributed by atoms with Crippen LogP contribution in [0.25, 0.3) is 0 Å². The van der Waals surface area contributed by atoms with E-state index in [0.717, 1.165) is 20.3 Å². The minimum Gasteiger partial charge on any atom is -0.491 e. The summed E-state index contributed by atoms with van der Waals surface area (Å²) in [7, 11) is 6.13. The number of aliphatic carboxylic acids is 1. The zero-order valence-electron chi connectivity index (χ0n) is 51.1. The van der Waals surface area contributed by atoms with Gasteiger partial charge >= 0.3 is 5.97 Å². The van der Waals surface area contributed by atoms with Crippen molar-refractivity contribution in [3.05, 3.63) is 131 Å². The number of amides is 7. The first-order valence-electron chi connectivity index (χ1n) is 29.3. The number of benzene rings is 4. The summed E-state index contributed by atoms with van der Waals surface area (Å²) >= 11 is 2.50. The predicted molar refractivity (Wildman–Crippen MR) is 331 cm³/mol. The number of carbonyl (C=O) groups excluding carboxylic acids is 7. The molecule has 1 fully saturated rings. The first-order chi connectivity index (χ1) is 41.1. The fourth-order valence-electron chi connectivity index (χ4n) is 11.0. The van der Waals surface area contributed by atoms with Gasteiger partial charge in [-0.1, -0.05) is 145 Å². The highest BCUT2D eigenvalue weighted by Crippen LogP contribution is 2.44. The van der Waals surface area contributed by atoms with Crippen LogP contribution in [0.3, 0.4) is 0 Å². The van der Waals surface area contributed by atoms with Gasteiger partial charge in [-0.15, -0.1) is 0 Å². The van der Waals surface area contributed by atoms with E-state index in [0.29, 0.717) is 47.1 Å². The average Bonchev–Trinajstić information content (AvgIpc) is 1.77. The molecule has 0 radical (unpaired) electrons. The van der Waals surface area contributed by atoms with Gasteiger partial charge in [0.2, 0.25) is 29.5 Å². The second kappa shape index (κ2) is 32.6. The number of thioether (sulfide) groups is 2. The molecule has 0 aromatic heterocycles. The molecule has 9 atom stereocenters. The molecule has 3 N–H and O–H groups in total. The standard InChI is InChI=1S/C65H84N6O13S2/c1-12-42(6)56(51(81-10)38-52(72)70-34-22-29-50(70)57(82-11)43(7)60(74)66-49(65(79)80)37-44-23-16-13-17-24-44)69(9)62(76)54(40(2)3)67-61(75)55(41(4)5)68(8)53(73)39-83-35-36-84-46-32-30-45(31-33-46)71-63(77)58(85-47-25-18-14-19-26-47)59(64(71)78)86-48-27-20-15-21-28-48/h13-21,23-28,30-33,40-43,49-51,54-57H,12,22,29,34-39H2,1-11H3,(H,66,74)(H,67,75)(H,79,80)/t42?,43-,49+,50+,51-,54+,55+,56+,57-/m1/s1. The molecule has 4 aromatic rings. The fourth-order valence-corrected chi connectivity index (χ4v) is 13.0. The number of ether oxygens (including phenoxy) is 4. The van der Waals surface area contributed by atoms with Gasteiger partial charge in [0.1, 0.15) is 37.1 Å². The number of methoxy groups -OCH3 is 2. The van der Waals surface area contributed by atoms with Gasteiger partial charge < -0.3 is 49.4 Å². The molecule has 1 saturated heterocycles. The lowest BCUT2D eigenvalue weighted by molar-refractivity contribution is -0.149. The number of nitrogens with one attached hydrogen (secondary N) is 2. The maximum atomic E-state index is 14.7. The van der Waals surface area contributed by atoms with E-state index in [2.05, 4.69) is 10.6 Å². The summed E-state index contributed by atoms with van der Waals surface area (Å²) in [6.07, 6.45) is 0.281. The number of imide groups is 1. The summed E-state index contributed by atoms with van der Waals surface area (Å²) in [6, 6.07) is 30.1. The zero-order valence-corrected chi connectivity index (χ0v) is 52.8. The topological polar surface area (TPSA) is 231 Å². The molecular formula is C65H84N6O13S2. The summed E-state index contributed by atoms with van der Waals surface area (Å²) in [4.78, 5) is 119. The third-order valence-corrected chi connectivity index (χ3v) is 18.2. The Hall–Kier alpha value is -7.04. The number of rotatable bonds is 32. The van der Waals surface area contributed by atoms with E-state index in [1.807, 2.05) is 94.4 Å². The Balaban J connectivity index is 1.02. The van der Waals surface area contributed by atoms with Crippen molar-refractivity contribution < 1.29 is 62.4 Å². The first kappa shape index (κ1) is 68.1. The van der Waals surface area contributed by atoms with Gasteiger partial charge in [0.05, 0.1) is 58.7 Å². The molecule has 0 aliphatic carbocycles. The molecule has 2 aliphatic rings. The summed E-state index contributed by atoms with van der Waals surface area (Å²) in [5, 5.41) is 15.6. The number of nitrogens with zero attached hydrogens (tertiary/aromatic N) is 4. The quantitative estimate of drug-likeness (QED) is 0.0310. The lowest BCUT2D eigenvalue weighted by Crippen LogP contribution is -2.60.